The molecule has 1 fully saturated rings. The zero-order valence-electron chi connectivity index (χ0n) is 18.2. The Morgan fingerprint density at radius 3 is 2.75 bits per heavy atom. The van der Waals surface area contributed by atoms with Crippen LogP contribution in [0.25, 0.3) is 5.69 Å². The molecule has 0 saturated heterocycles. The van der Waals surface area contributed by atoms with Crippen LogP contribution < -0.4 is 5.32 Å². The Morgan fingerprint density at radius 1 is 1.28 bits per heavy atom. The van der Waals surface area contributed by atoms with Crippen LogP contribution in [-0.4, -0.2) is 38.7 Å². The van der Waals surface area contributed by atoms with E-state index in [1.807, 2.05) is 42.6 Å². The number of rotatable bonds is 5. The van der Waals surface area contributed by atoms with Gasteiger partial charge in [0.1, 0.15) is 11.8 Å². The molecule has 2 heterocycles. The van der Waals surface area contributed by atoms with E-state index in [4.69, 9.17) is 0 Å². The van der Waals surface area contributed by atoms with Gasteiger partial charge >= 0.3 is 0 Å². The quantitative estimate of drug-likeness (QED) is 0.760. The third-order valence-electron chi connectivity index (χ3n) is 6.05. The third kappa shape index (κ3) is 4.87. The van der Waals surface area contributed by atoms with Crippen molar-refractivity contribution in [1.29, 1.82) is 5.26 Å². The van der Waals surface area contributed by atoms with Crippen LogP contribution >= 0.6 is 0 Å². The fourth-order valence-electron chi connectivity index (χ4n) is 4.25. The van der Waals surface area contributed by atoms with E-state index in [1.165, 1.54) is 0 Å². The molecule has 1 aromatic heterocycles. The summed E-state index contributed by atoms with van der Waals surface area (Å²) in [7, 11) is 0. The van der Waals surface area contributed by atoms with Crippen molar-refractivity contribution in [3.8, 4) is 11.8 Å². The van der Waals surface area contributed by atoms with E-state index in [-0.39, 0.29) is 11.9 Å². The van der Waals surface area contributed by atoms with Crippen molar-refractivity contribution in [3.05, 3.63) is 71.2 Å². The van der Waals surface area contributed by atoms with Gasteiger partial charge in [-0.15, -0.1) is 0 Å². The zero-order valence-corrected chi connectivity index (χ0v) is 18.2. The average molecular weight is 430 g/mol. The lowest BCUT2D eigenvalue weighted by molar-refractivity contribution is -0.116. The van der Waals surface area contributed by atoms with Crippen molar-refractivity contribution in [2.75, 3.05) is 0 Å². The summed E-state index contributed by atoms with van der Waals surface area (Å²) in [4.78, 5) is 17.3. The molecule has 4 rings (SSSR count). The van der Waals surface area contributed by atoms with Crippen molar-refractivity contribution in [3.63, 3.8) is 0 Å². The number of nitrogens with one attached hydrogen (secondary N) is 1. The molecular formula is C25H27N5O2. The van der Waals surface area contributed by atoms with Gasteiger partial charge in [-0.3, -0.25) is 9.79 Å². The van der Waals surface area contributed by atoms with Crippen molar-refractivity contribution < 1.29 is 9.90 Å². The number of hydrogen-bond acceptors (Lipinski definition) is 5. The second-order valence-corrected chi connectivity index (χ2v) is 8.29. The van der Waals surface area contributed by atoms with E-state index in [2.05, 4.69) is 21.5 Å². The van der Waals surface area contributed by atoms with Crippen molar-refractivity contribution >= 4 is 11.6 Å². The van der Waals surface area contributed by atoms with Gasteiger partial charge in [0.05, 0.1) is 29.1 Å². The lowest BCUT2D eigenvalue weighted by Gasteiger charge is -2.28. The summed E-state index contributed by atoms with van der Waals surface area (Å²) < 4.78 is 1.79. The number of nitrogens with zero attached hydrogens (tertiary/aromatic N) is 4. The Morgan fingerprint density at radius 2 is 2.06 bits per heavy atom. The van der Waals surface area contributed by atoms with Crippen molar-refractivity contribution in [2.24, 2.45) is 4.99 Å². The molecule has 1 aliphatic heterocycles. The normalized spacial score (nSPS) is 21.3. The van der Waals surface area contributed by atoms with E-state index < -0.39 is 6.10 Å². The van der Waals surface area contributed by atoms with E-state index in [1.54, 1.807) is 17.8 Å². The van der Waals surface area contributed by atoms with Gasteiger partial charge in [0.2, 0.25) is 0 Å². The van der Waals surface area contributed by atoms with Gasteiger partial charge in [-0.05, 0) is 55.5 Å². The number of carbonyl (C=O) groups excluding carboxylic acids is 1. The molecule has 2 aromatic rings. The van der Waals surface area contributed by atoms with E-state index >= 15 is 0 Å². The number of aromatic nitrogens is 2. The van der Waals surface area contributed by atoms with Crippen LogP contribution in [0.2, 0.25) is 0 Å². The second kappa shape index (κ2) is 9.75. The number of amides is 1. The van der Waals surface area contributed by atoms with Gasteiger partial charge in [0, 0.05) is 18.8 Å². The highest BCUT2D eigenvalue weighted by molar-refractivity contribution is 6.39. The molecule has 32 heavy (non-hydrogen) atoms. The van der Waals surface area contributed by atoms with Gasteiger partial charge in [-0.1, -0.05) is 31.1 Å². The Labute approximate surface area is 187 Å². The minimum Gasteiger partial charge on any atom is -0.391 e. The lowest BCUT2D eigenvalue weighted by atomic mass is 9.92. The van der Waals surface area contributed by atoms with Crippen LogP contribution in [0.5, 0.6) is 0 Å². The number of carbonyl (C=O) groups is 1. The standard InChI is InChI=1S/C25H27N5O2/c1-17-21(16-26)19(15-18-7-10-20(11-8-18)30-14-4-13-27-30)9-12-23(28-17)25(32)29-22-5-2-3-6-24(22)31/h4,7-11,13-14,22,24,31H,2-3,5-6,12,15H2,1H3,(H,29,32)/t22-,24-/m0/s1. The predicted molar refractivity (Wildman–Crippen MR) is 122 cm³/mol. The zero-order chi connectivity index (χ0) is 22.5. The average Bonchev–Trinajstić information content (AvgIpc) is 3.28. The summed E-state index contributed by atoms with van der Waals surface area (Å²) in [5, 5.41) is 27.1. The smallest absolute Gasteiger partial charge is 0.266 e. The molecule has 2 atom stereocenters. The first-order valence-electron chi connectivity index (χ1n) is 11.0. The fraction of sp³-hybridized carbons (Fsp3) is 0.360. The number of aliphatic hydroxyl groups is 1. The Balaban J connectivity index is 1.49. The number of aliphatic hydroxyl groups excluding tert-OH is 1. The predicted octanol–water partition coefficient (Wildman–Crippen LogP) is 3.40. The molecule has 7 nitrogen and oxygen atoms in total. The maximum Gasteiger partial charge on any atom is 0.266 e. The molecule has 7 heteroatoms. The molecule has 1 saturated carbocycles. The first-order chi connectivity index (χ1) is 15.5. The number of hydrogen-bond donors (Lipinski definition) is 2. The maximum absolute atomic E-state index is 12.8. The molecule has 1 amide bonds. The van der Waals surface area contributed by atoms with Crippen molar-refractivity contribution in [2.45, 2.75) is 57.6 Å². The van der Waals surface area contributed by atoms with Gasteiger partial charge in [-0.2, -0.15) is 10.4 Å². The lowest BCUT2D eigenvalue weighted by Crippen LogP contribution is -2.47. The molecule has 2 aliphatic rings. The van der Waals surface area contributed by atoms with E-state index in [0.29, 0.717) is 36.2 Å². The molecule has 0 bridgehead atoms. The highest BCUT2D eigenvalue weighted by Crippen LogP contribution is 2.25. The molecule has 0 unspecified atom stereocenters. The molecule has 1 aliphatic carbocycles. The van der Waals surface area contributed by atoms with Crippen LogP contribution in [0, 0.1) is 11.3 Å². The van der Waals surface area contributed by atoms with Gasteiger partial charge in [-0.25, -0.2) is 4.68 Å². The van der Waals surface area contributed by atoms with E-state index in [0.717, 1.165) is 36.1 Å². The van der Waals surface area contributed by atoms with Crippen LogP contribution in [0.4, 0.5) is 0 Å². The Bertz CT molecular complexity index is 1100. The minimum absolute atomic E-state index is 0.237. The topological polar surface area (TPSA) is 103 Å². The largest absolute Gasteiger partial charge is 0.391 e. The minimum atomic E-state index is -0.513. The fourth-order valence-corrected chi connectivity index (χ4v) is 4.25. The summed E-state index contributed by atoms with van der Waals surface area (Å²) in [6.07, 6.45) is 9.41. The second-order valence-electron chi connectivity index (χ2n) is 8.29. The molecule has 0 radical (unpaired) electrons. The summed E-state index contributed by atoms with van der Waals surface area (Å²) >= 11 is 0. The number of benzene rings is 1. The Kier molecular flexibility index (Phi) is 6.62. The number of aliphatic imine (C=N–C) groups is 1. The van der Waals surface area contributed by atoms with Crippen LogP contribution in [0.1, 0.15) is 44.6 Å². The summed E-state index contributed by atoms with van der Waals surface area (Å²) in [5.41, 5.74) is 4.30. The number of nitriles is 1. The first-order valence-corrected chi connectivity index (χ1v) is 11.0. The molecule has 1 aromatic carbocycles. The molecular weight excluding hydrogens is 402 g/mol. The van der Waals surface area contributed by atoms with Crippen LogP contribution in [0.3, 0.4) is 0 Å². The monoisotopic (exact) mass is 429 g/mol. The molecule has 164 valence electrons. The highest BCUT2D eigenvalue weighted by atomic mass is 16.3. The van der Waals surface area contributed by atoms with Gasteiger partial charge in [0.15, 0.2) is 0 Å². The molecule has 0 spiro atoms. The first kappa shape index (κ1) is 21.7. The summed E-state index contributed by atoms with van der Waals surface area (Å²) in [5.74, 6) is -0.270. The summed E-state index contributed by atoms with van der Waals surface area (Å²) in [6.45, 7) is 1.77. The Hall–Kier alpha value is -3.50. The van der Waals surface area contributed by atoms with Gasteiger partial charge < -0.3 is 10.4 Å². The van der Waals surface area contributed by atoms with Crippen LogP contribution in [-0.2, 0) is 11.2 Å². The van der Waals surface area contributed by atoms with Gasteiger partial charge in [0.25, 0.3) is 5.91 Å². The van der Waals surface area contributed by atoms with Crippen molar-refractivity contribution in [1.82, 2.24) is 15.1 Å². The SMILES string of the molecule is CC1=C(C#N)C(Cc2ccc(-n3cccn3)cc2)=CCC(C(=O)N[C@H]2CCCC[C@@H]2O)=N1. The van der Waals surface area contributed by atoms with E-state index in [9.17, 15) is 15.2 Å². The molecule has 2 N–H and O–H groups in total. The number of allylic oxidation sites excluding steroid dienone is 4. The summed E-state index contributed by atoms with van der Waals surface area (Å²) in [6, 6.07) is 11.9. The highest BCUT2D eigenvalue weighted by Gasteiger charge is 2.26. The maximum atomic E-state index is 12.8. The van der Waals surface area contributed by atoms with Crippen LogP contribution in [0.15, 0.2) is 70.6 Å². The third-order valence-corrected chi connectivity index (χ3v) is 6.05.